The van der Waals surface area contributed by atoms with Crippen LogP contribution in [-0.4, -0.2) is 5.78 Å². The van der Waals surface area contributed by atoms with Gasteiger partial charge < -0.3 is 0 Å². The van der Waals surface area contributed by atoms with E-state index in [0.29, 0.717) is 5.56 Å². The van der Waals surface area contributed by atoms with Crippen molar-refractivity contribution < 1.29 is 22.4 Å². The van der Waals surface area contributed by atoms with Crippen molar-refractivity contribution in [2.75, 3.05) is 0 Å². The zero-order valence-electron chi connectivity index (χ0n) is 12.0. The molecule has 22 heavy (non-hydrogen) atoms. The molecule has 0 aromatic heterocycles. The molecule has 0 fully saturated rings. The van der Waals surface area contributed by atoms with Crippen LogP contribution in [0.3, 0.4) is 0 Å². The van der Waals surface area contributed by atoms with E-state index in [2.05, 4.69) is 0 Å². The quantitative estimate of drug-likeness (QED) is 0.739. The number of ketones is 1. The highest BCUT2D eigenvalue weighted by Gasteiger charge is 2.31. The van der Waals surface area contributed by atoms with Gasteiger partial charge >= 0.3 is 6.18 Å². The molecule has 1 unspecified atom stereocenters. The van der Waals surface area contributed by atoms with Crippen LogP contribution in [-0.2, 0) is 11.0 Å². The van der Waals surface area contributed by atoms with E-state index in [1.807, 2.05) is 0 Å². The molecule has 0 saturated carbocycles. The van der Waals surface area contributed by atoms with E-state index in [1.165, 1.54) is 25.1 Å². The molecule has 0 bridgehead atoms. The minimum absolute atomic E-state index is 0.173. The molecular weight excluding hydrogens is 296 g/mol. The normalized spacial score (nSPS) is 13.0. The Hall–Kier alpha value is -2.17. The van der Waals surface area contributed by atoms with E-state index in [9.17, 15) is 22.4 Å². The number of rotatable bonds is 3. The summed E-state index contributed by atoms with van der Waals surface area (Å²) in [5.74, 6) is -1.79. The Bertz CT molecular complexity index is 687. The zero-order chi connectivity index (χ0) is 16.5. The minimum atomic E-state index is -4.45. The molecule has 0 radical (unpaired) electrons. The fourth-order valence-electron chi connectivity index (χ4n) is 2.38. The summed E-state index contributed by atoms with van der Waals surface area (Å²) in [7, 11) is 0. The number of hydrogen-bond acceptors (Lipinski definition) is 1. The summed E-state index contributed by atoms with van der Waals surface area (Å²) in [6.07, 6.45) is -4.45. The van der Waals surface area contributed by atoms with Gasteiger partial charge in [-0.05, 0) is 37.6 Å². The maximum absolute atomic E-state index is 14.0. The summed E-state index contributed by atoms with van der Waals surface area (Å²) < 4.78 is 51.8. The maximum Gasteiger partial charge on any atom is 0.416 e. The predicted octanol–water partition coefficient (Wildman–Crippen LogP) is 4.87. The first kappa shape index (κ1) is 16.2. The number of benzene rings is 2. The molecule has 0 aliphatic heterocycles. The first-order chi connectivity index (χ1) is 10.2. The Morgan fingerprint density at radius 2 is 1.64 bits per heavy atom. The highest BCUT2D eigenvalue weighted by molar-refractivity contribution is 5.87. The lowest BCUT2D eigenvalue weighted by atomic mass is 9.87. The maximum atomic E-state index is 14.0. The van der Waals surface area contributed by atoms with Crippen LogP contribution in [0.4, 0.5) is 17.6 Å². The van der Waals surface area contributed by atoms with Gasteiger partial charge in [-0.3, -0.25) is 4.79 Å². The Labute approximate surface area is 125 Å². The van der Waals surface area contributed by atoms with Gasteiger partial charge in [0.1, 0.15) is 11.6 Å². The van der Waals surface area contributed by atoms with Gasteiger partial charge in [0, 0.05) is 5.56 Å². The van der Waals surface area contributed by atoms with Gasteiger partial charge in [0.15, 0.2) is 0 Å². The molecule has 0 aliphatic rings. The Balaban J connectivity index is 2.49. The number of aryl methyl sites for hydroxylation is 1. The third-order valence-electron chi connectivity index (χ3n) is 3.44. The van der Waals surface area contributed by atoms with Gasteiger partial charge in [0.05, 0.1) is 11.5 Å². The summed E-state index contributed by atoms with van der Waals surface area (Å²) in [5.41, 5.74) is 0.482. The molecule has 0 N–H and O–H groups in total. The van der Waals surface area contributed by atoms with Crippen LogP contribution in [0.1, 0.15) is 35.1 Å². The number of Topliss-reactive ketones (excluding diaryl/α,β-unsaturated/α-hetero) is 1. The molecule has 2 rings (SSSR count). The second-order valence-electron chi connectivity index (χ2n) is 5.19. The number of carbonyl (C=O) groups is 1. The van der Waals surface area contributed by atoms with Crippen LogP contribution in [0, 0.1) is 12.7 Å². The van der Waals surface area contributed by atoms with Crippen molar-refractivity contribution in [3.8, 4) is 0 Å². The van der Waals surface area contributed by atoms with Crippen LogP contribution in [0.15, 0.2) is 42.5 Å². The SMILES string of the molecule is CC(=O)C(c1ccc(C(F)(F)F)cc1)c1cc(C)ccc1F. The van der Waals surface area contributed by atoms with Crippen LogP contribution in [0.5, 0.6) is 0 Å². The molecule has 0 spiro atoms. The number of carbonyl (C=O) groups excluding carboxylic acids is 1. The van der Waals surface area contributed by atoms with Crippen LogP contribution >= 0.6 is 0 Å². The Kier molecular flexibility index (Phi) is 4.35. The minimum Gasteiger partial charge on any atom is -0.299 e. The van der Waals surface area contributed by atoms with Crippen molar-refractivity contribution in [3.63, 3.8) is 0 Å². The van der Waals surface area contributed by atoms with Gasteiger partial charge in [0.2, 0.25) is 0 Å². The predicted molar refractivity (Wildman–Crippen MR) is 75.1 cm³/mol. The van der Waals surface area contributed by atoms with E-state index in [4.69, 9.17) is 0 Å². The van der Waals surface area contributed by atoms with Gasteiger partial charge in [0.25, 0.3) is 0 Å². The van der Waals surface area contributed by atoms with E-state index in [1.54, 1.807) is 19.1 Å². The van der Waals surface area contributed by atoms with Crippen molar-refractivity contribution in [2.45, 2.75) is 25.9 Å². The summed E-state index contributed by atoms with van der Waals surface area (Å²) in [6.45, 7) is 3.05. The highest BCUT2D eigenvalue weighted by atomic mass is 19.4. The lowest BCUT2D eigenvalue weighted by Crippen LogP contribution is -2.13. The number of halogens is 4. The van der Waals surface area contributed by atoms with Crippen molar-refractivity contribution in [1.29, 1.82) is 0 Å². The first-order valence-electron chi connectivity index (χ1n) is 6.64. The standard InChI is InChI=1S/C17H14F4O/c1-10-3-8-15(18)14(9-10)16(11(2)22)12-4-6-13(7-5-12)17(19,20)21/h3-9,16H,1-2H3. The second kappa shape index (κ2) is 5.91. The van der Waals surface area contributed by atoms with Gasteiger partial charge in [-0.15, -0.1) is 0 Å². The molecule has 0 heterocycles. The fourth-order valence-corrected chi connectivity index (χ4v) is 2.38. The second-order valence-corrected chi connectivity index (χ2v) is 5.19. The summed E-state index contributed by atoms with van der Waals surface area (Å²) in [6, 6.07) is 8.61. The molecule has 1 nitrogen and oxygen atoms in total. The molecule has 2 aromatic carbocycles. The lowest BCUT2D eigenvalue weighted by molar-refractivity contribution is -0.137. The molecule has 5 heteroatoms. The van der Waals surface area contributed by atoms with Gasteiger partial charge in [-0.25, -0.2) is 4.39 Å². The Morgan fingerprint density at radius 3 is 2.14 bits per heavy atom. The van der Waals surface area contributed by atoms with Crippen molar-refractivity contribution >= 4 is 5.78 Å². The summed E-state index contributed by atoms with van der Waals surface area (Å²) in [5, 5.41) is 0. The monoisotopic (exact) mass is 310 g/mol. The molecule has 116 valence electrons. The van der Waals surface area contributed by atoms with Crippen molar-refractivity contribution in [2.24, 2.45) is 0 Å². The number of alkyl halides is 3. The van der Waals surface area contributed by atoms with Crippen LogP contribution < -0.4 is 0 Å². The average molecular weight is 310 g/mol. The fraction of sp³-hybridized carbons (Fsp3) is 0.235. The van der Waals surface area contributed by atoms with Crippen molar-refractivity contribution in [3.05, 3.63) is 70.5 Å². The molecule has 1 atom stereocenters. The van der Waals surface area contributed by atoms with E-state index >= 15 is 0 Å². The highest BCUT2D eigenvalue weighted by Crippen LogP contribution is 2.33. The van der Waals surface area contributed by atoms with Crippen molar-refractivity contribution in [1.82, 2.24) is 0 Å². The summed E-state index contributed by atoms with van der Waals surface area (Å²) >= 11 is 0. The first-order valence-corrected chi connectivity index (χ1v) is 6.64. The summed E-state index contributed by atoms with van der Waals surface area (Å²) in [4.78, 5) is 11.9. The molecule has 0 saturated heterocycles. The van der Waals surface area contributed by atoms with Gasteiger partial charge in [-0.2, -0.15) is 13.2 Å². The largest absolute Gasteiger partial charge is 0.416 e. The van der Waals surface area contributed by atoms with Crippen LogP contribution in [0.2, 0.25) is 0 Å². The van der Waals surface area contributed by atoms with E-state index in [0.717, 1.165) is 17.7 Å². The van der Waals surface area contributed by atoms with Gasteiger partial charge in [-0.1, -0.05) is 29.8 Å². The zero-order valence-corrected chi connectivity index (χ0v) is 12.0. The average Bonchev–Trinajstić information content (AvgIpc) is 2.42. The van der Waals surface area contributed by atoms with E-state index < -0.39 is 23.5 Å². The Morgan fingerprint density at radius 1 is 1.05 bits per heavy atom. The lowest BCUT2D eigenvalue weighted by Gasteiger charge is -2.17. The number of hydrogen-bond donors (Lipinski definition) is 0. The smallest absolute Gasteiger partial charge is 0.299 e. The third kappa shape index (κ3) is 3.35. The molecule has 2 aromatic rings. The molecule has 0 amide bonds. The van der Waals surface area contributed by atoms with E-state index in [-0.39, 0.29) is 11.3 Å². The molecule has 0 aliphatic carbocycles. The molecular formula is C17H14F4O. The third-order valence-corrected chi connectivity index (χ3v) is 3.44. The topological polar surface area (TPSA) is 17.1 Å². The van der Waals surface area contributed by atoms with Crippen LogP contribution in [0.25, 0.3) is 0 Å².